The predicted molar refractivity (Wildman–Crippen MR) is 65.8 cm³/mol. The summed E-state index contributed by atoms with van der Waals surface area (Å²) >= 11 is 1.70. The molecule has 0 bridgehead atoms. The maximum atomic E-state index is 8.84. The standard InChI is InChI=1S/C12H12N2S/c1-2-8-15-9-7-14-12-6-4-3-5-11(12)10-13/h1,3-6,14H,7-9H2. The van der Waals surface area contributed by atoms with Crippen molar-refractivity contribution in [3.63, 3.8) is 0 Å². The zero-order valence-electron chi connectivity index (χ0n) is 8.36. The minimum atomic E-state index is 0.680. The van der Waals surface area contributed by atoms with Gasteiger partial charge in [-0.05, 0) is 12.1 Å². The number of rotatable bonds is 5. The third-order valence-electron chi connectivity index (χ3n) is 1.79. The molecule has 0 unspecified atom stereocenters. The summed E-state index contributed by atoms with van der Waals surface area (Å²) in [6.07, 6.45) is 5.13. The molecule has 0 heterocycles. The molecule has 15 heavy (non-hydrogen) atoms. The molecule has 0 fully saturated rings. The molecule has 0 aliphatic carbocycles. The van der Waals surface area contributed by atoms with Crippen LogP contribution < -0.4 is 5.32 Å². The van der Waals surface area contributed by atoms with E-state index in [1.165, 1.54) is 0 Å². The molecule has 3 heteroatoms. The summed E-state index contributed by atoms with van der Waals surface area (Å²) in [5.74, 6) is 4.26. The first-order valence-corrected chi connectivity index (χ1v) is 5.78. The van der Waals surface area contributed by atoms with Gasteiger partial charge in [-0.25, -0.2) is 0 Å². The summed E-state index contributed by atoms with van der Waals surface area (Å²) in [6, 6.07) is 9.63. The van der Waals surface area contributed by atoms with Crippen molar-refractivity contribution in [1.82, 2.24) is 0 Å². The first kappa shape index (κ1) is 11.5. The zero-order valence-corrected chi connectivity index (χ0v) is 9.18. The van der Waals surface area contributed by atoms with Gasteiger partial charge in [-0.1, -0.05) is 18.1 Å². The van der Waals surface area contributed by atoms with Gasteiger partial charge in [0.15, 0.2) is 0 Å². The molecule has 76 valence electrons. The van der Waals surface area contributed by atoms with Gasteiger partial charge in [-0.15, -0.1) is 18.2 Å². The monoisotopic (exact) mass is 216 g/mol. The third kappa shape index (κ3) is 3.97. The molecule has 1 N–H and O–H groups in total. The van der Waals surface area contributed by atoms with Gasteiger partial charge in [-0.2, -0.15) is 5.26 Å². The number of nitrogens with zero attached hydrogens (tertiary/aromatic N) is 1. The topological polar surface area (TPSA) is 35.8 Å². The van der Waals surface area contributed by atoms with Gasteiger partial charge < -0.3 is 5.32 Å². The second kappa shape index (κ2) is 6.81. The van der Waals surface area contributed by atoms with Crippen molar-refractivity contribution in [3.8, 4) is 18.4 Å². The van der Waals surface area contributed by atoms with Crippen molar-refractivity contribution in [2.75, 3.05) is 23.4 Å². The Kier molecular flexibility index (Phi) is 5.22. The van der Waals surface area contributed by atoms with E-state index in [1.54, 1.807) is 17.8 Å². The summed E-state index contributed by atoms with van der Waals surface area (Å²) in [7, 11) is 0. The van der Waals surface area contributed by atoms with Crippen molar-refractivity contribution >= 4 is 17.4 Å². The molecule has 0 saturated heterocycles. The number of terminal acetylenes is 1. The second-order valence-electron chi connectivity index (χ2n) is 2.84. The van der Waals surface area contributed by atoms with Crippen molar-refractivity contribution in [1.29, 1.82) is 5.26 Å². The molecule has 0 saturated carbocycles. The largest absolute Gasteiger partial charge is 0.383 e. The number of para-hydroxylation sites is 1. The van der Waals surface area contributed by atoms with E-state index < -0.39 is 0 Å². The van der Waals surface area contributed by atoms with E-state index in [0.717, 1.165) is 23.7 Å². The molecule has 1 aromatic carbocycles. The number of hydrogen-bond acceptors (Lipinski definition) is 3. The zero-order chi connectivity index (χ0) is 10.9. The first-order chi connectivity index (χ1) is 7.38. The number of nitrogens with one attached hydrogen (secondary N) is 1. The molecular formula is C12H12N2S. The lowest BCUT2D eigenvalue weighted by Crippen LogP contribution is -2.05. The Morgan fingerprint density at radius 2 is 2.20 bits per heavy atom. The quantitative estimate of drug-likeness (QED) is 0.606. The van der Waals surface area contributed by atoms with E-state index in [0.29, 0.717) is 5.56 Å². The molecule has 1 aromatic rings. The highest BCUT2D eigenvalue weighted by Gasteiger charge is 1.98. The Balaban J connectivity index is 2.38. The lowest BCUT2D eigenvalue weighted by atomic mass is 10.2. The molecule has 0 aliphatic rings. The summed E-state index contributed by atoms with van der Waals surface area (Å²) in [6.45, 7) is 0.824. The van der Waals surface area contributed by atoms with E-state index >= 15 is 0 Å². The van der Waals surface area contributed by atoms with Crippen LogP contribution in [0.5, 0.6) is 0 Å². The number of thioether (sulfide) groups is 1. The van der Waals surface area contributed by atoms with Crippen LogP contribution in [0.25, 0.3) is 0 Å². The molecule has 0 radical (unpaired) electrons. The minimum Gasteiger partial charge on any atom is -0.383 e. The van der Waals surface area contributed by atoms with Gasteiger partial charge in [0.05, 0.1) is 17.0 Å². The predicted octanol–water partition coefficient (Wildman–Crippen LogP) is 2.34. The highest BCUT2D eigenvalue weighted by Crippen LogP contribution is 2.13. The van der Waals surface area contributed by atoms with Crippen LogP contribution in [0.3, 0.4) is 0 Å². The summed E-state index contributed by atoms with van der Waals surface area (Å²) < 4.78 is 0. The number of nitriles is 1. The van der Waals surface area contributed by atoms with Crippen LogP contribution in [0, 0.1) is 23.7 Å². The number of anilines is 1. The fourth-order valence-electron chi connectivity index (χ4n) is 1.12. The SMILES string of the molecule is C#CCSCCNc1ccccc1C#N. The van der Waals surface area contributed by atoms with Crippen LogP contribution >= 0.6 is 11.8 Å². The Hall–Kier alpha value is -1.58. The van der Waals surface area contributed by atoms with E-state index in [1.807, 2.05) is 18.2 Å². The van der Waals surface area contributed by atoms with Crippen LogP contribution in [-0.2, 0) is 0 Å². The van der Waals surface area contributed by atoms with Gasteiger partial charge in [0.25, 0.3) is 0 Å². The van der Waals surface area contributed by atoms with Gasteiger partial charge in [0, 0.05) is 12.3 Å². The molecule has 0 aromatic heterocycles. The molecule has 0 spiro atoms. The van der Waals surface area contributed by atoms with Crippen LogP contribution in [0.2, 0.25) is 0 Å². The van der Waals surface area contributed by atoms with Crippen molar-refractivity contribution in [2.24, 2.45) is 0 Å². The maximum absolute atomic E-state index is 8.84. The van der Waals surface area contributed by atoms with Crippen LogP contribution in [0.15, 0.2) is 24.3 Å². The van der Waals surface area contributed by atoms with Crippen LogP contribution in [0.4, 0.5) is 5.69 Å². The van der Waals surface area contributed by atoms with Crippen LogP contribution in [-0.4, -0.2) is 18.1 Å². The highest BCUT2D eigenvalue weighted by atomic mass is 32.2. The van der Waals surface area contributed by atoms with E-state index in [2.05, 4.69) is 17.3 Å². The first-order valence-electron chi connectivity index (χ1n) is 4.62. The number of benzene rings is 1. The molecule has 0 amide bonds. The molecule has 0 atom stereocenters. The lowest BCUT2D eigenvalue weighted by molar-refractivity contribution is 1.22. The Morgan fingerprint density at radius 1 is 1.40 bits per heavy atom. The lowest BCUT2D eigenvalue weighted by Gasteiger charge is -2.06. The minimum absolute atomic E-state index is 0.680. The smallest absolute Gasteiger partial charge is 0.101 e. The average Bonchev–Trinajstić information content (AvgIpc) is 2.29. The van der Waals surface area contributed by atoms with Gasteiger partial charge in [0.1, 0.15) is 6.07 Å². The average molecular weight is 216 g/mol. The normalized spacial score (nSPS) is 8.93. The van der Waals surface area contributed by atoms with Crippen molar-refractivity contribution < 1.29 is 0 Å². The number of hydrogen-bond donors (Lipinski definition) is 1. The van der Waals surface area contributed by atoms with Gasteiger partial charge in [0.2, 0.25) is 0 Å². The Bertz CT molecular complexity index is 387. The summed E-state index contributed by atoms with van der Waals surface area (Å²) in [4.78, 5) is 0. The van der Waals surface area contributed by atoms with E-state index in [9.17, 15) is 0 Å². The van der Waals surface area contributed by atoms with Crippen molar-refractivity contribution in [3.05, 3.63) is 29.8 Å². The summed E-state index contributed by atoms with van der Waals surface area (Å²) in [5, 5.41) is 12.0. The van der Waals surface area contributed by atoms with Crippen LogP contribution in [0.1, 0.15) is 5.56 Å². The molecule has 2 nitrogen and oxygen atoms in total. The highest BCUT2D eigenvalue weighted by molar-refractivity contribution is 7.99. The molecule has 1 rings (SSSR count). The van der Waals surface area contributed by atoms with E-state index in [4.69, 9.17) is 11.7 Å². The second-order valence-corrected chi connectivity index (χ2v) is 3.95. The fraction of sp³-hybridized carbons (Fsp3) is 0.250. The van der Waals surface area contributed by atoms with E-state index in [-0.39, 0.29) is 0 Å². The molecular weight excluding hydrogens is 204 g/mol. The maximum Gasteiger partial charge on any atom is 0.101 e. The fourth-order valence-corrected chi connectivity index (χ4v) is 1.63. The Morgan fingerprint density at radius 3 is 2.93 bits per heavy atom. The summed E-state index contributed by atoms with van der Waals surface area (Å²) in [5.41, 5.74) is 1.57. The van der Waals surface area contributed by atoms with Gasteiger partial charge >= 0.3 is 0 Å². The molecule has 0 aliphatic heterocycles. The Labute approximate surface area is 94.7 Å². The third-order valence-corrected chi connectivity index (χ3v) is 2.66. The van der Waals surface area contributed by atoms with Crippen molar-refractivity contribution in [2.45, 2.75) is 0 Å². The van der Waals surface area contributed by atoms with Gasteiger partial charge in [-0.3, -0.25) is 0 Å².